The van der Waals surface area contributed by atoms with Crippen LogP contribution in [0.2, 0.25) is 0 Å². The lowest BCUT2D eigenvalue weighted by Gasteiger charge is -1.99. The van der Waals surface area contributed by atoms with E-state index in [-0.39, 0.29) is 0 Å². The zero-order valence-electron chi connectivity index (χ0n) is 5.40. The highest BCUT2D eigenvalue weighted by atomic mass is 79.9. The molecule has 54 valence electrons. The third-order valence-corrected chi connectivity index (χ3v) is 2.84. The Morgan fingerprint density at radius 3 is 2.70 bits per heavy atom. The zero-order valence-corrected chi connectivity index (χ0v) is 8.55. The Morgan fingerprint density at radius 1 is 1.50 bits per heavy atom. The van der Waals surface area contributed by atoms with Crippen molar-refractivity contribution in [3.05, 3.63) is 28.2 Å². The molecular formula is C7H6BrClS. The van der Waals surface area contributed by atoms with Gasteiger partial charge in [0.15, 0.2) is 0 Å². The van der Waals surface area contributed by atoms with Crippen molar-refractivity contribution in [3.8, 4) is 0 Å². The predicted molar refractivity (Wildman–Crippen MR) is 50.6 cm³/mol. The fourth-order valence-corrected chi connectivity index (χ4v) is 1.99. The van der Waals surface area contributed by atoms with Gasteiger partial charge in [0, 0.05) is 9.37 Å². The Bertz CT molecular complexity index is 237. The molecule has 10 heavy (non-hydrogen) atoms. The van der Waals surface area contributed by atoms with Crippen molar-refractivity contribution in [1.82, 2.24) is 0 Å². The van der Waals surface area contributed by atoms with Gasteiger partial charge in [-0.2, -0.15) is 0 Å². The summed E-state index contributed by atoms with van der Waals surface area (Å²) in [6.45, 7) is 2.04. The molecule has 0 bridgehead atoms. The van der Waals surface area contributed by atoms with Crippen molar-refractivity contribution in [2.45, 2.75) is 11.8 Å². The van der Waals surface area contributed by atoms with Gasteiger partial charge in [-0.1, -0.05) is 15.9 Å². The van der Waals surface area contributed by atoms with E-state index in [2.05, 4.69) is 15.9 Å². The molecule has 0 atom stereocenters. The normalized spacial score (nSPS) is 9.90. The molecule has 0 heterocycles. The fraction of sp³-hybridized carbons (Fsp3) is 0.143. The Balaban J connectivity index is 3.07. The molecule has 0 aliphatic rings. The number of halogens is 2. The second-order valence-corrected chi connectivity index (χ2v) is 3.96. The van der Waals surface area contributed by atoms with Crippen molar-refractivity contribution in [2.75, 3.05) is 0 Å². The van der Waals surface area contributed by atoms with Crippen LogP contribution in [0.15, 0.2) is 27.6 Å². The molecule has 0 aliphatic carbocycles. The minimum atomic E-state index is 1.10. The highest BCUT2D eigenvalue weighted by Gasteiger charge is 1.96. The molecule has 1 rings (SSSR count). The second-order valence-electron chi connectivity index (χ2n) is 1.99. The Morgan fingerprint density at radius 2 is 2.20 bits per heavy atom. The Kier molecular flexibility index (Phi) is 3.08. The van der Waals surface area contributed by atoms with Crippen LogP contribution in [0.25, 0.3) is 0 Å². The van der Waals surface area contributed by atoms with E-state index in [1.165, 1.54) is 16.5 Å². The molecular weight excluding hydrogens is 232 g/mol. The predicted octanol–water partition coefficient (Wildman–Crippen LogP) is 4.00. The highest BCUT2D eigenvalue weighted by Crippen LogP contribution is 2.27. The van der Waals surface area contributed by atoms with Crippen molar-refractivity contribution in [2.24, 2.45) is 0 Å². The highest BCUT2D eigenvalue weighted by molar-refractivity contribution is 9.10. The molecule has 0 spiro atoms. The van der Waals surface area contributed by atoms with Gasteiger partial charge in [0.2, 0.25) is 0 Å². The summed E-state index contributed by atoms with van der Waals surface area (Å²) in [5.41, 5.74) is 1.20. The maximum absolute atomic E-state index is 5.59. The van der Waals surface area contributed by atoms with Crippen molar-refractivity contribution < 1.29 is 0 Å². The number of benzene rings is 1. The summed E-state index contributed by atoms with van der Waals surface area (Å²) in [7, 11) is 6.84. The molecule has 0 radical (unpaired) electrons. The molecule has 0 fully saturated rings. The average molecular weight is 238 g/mol. The number of rotatable bonds is 1. The molecule has 0 amide bonds. The van der Waals surface area contributed by atoms with Crippen LogP contribution in [-0.4, -0.2) is 0 Å². The van der Waals surface area contributed by atoms with Gasteiger partial charge >= 0.3 is 0 Å². The molecule has 3 heteroatoms. The van der Waals surface area contributed by atoms with Crippen molar-refractivity contribution in [3.63, 3.8) is 0 Å². The van der Waals surface area contributed by atoms with Crippen LogP contribution in [0.3, 0.4) is 0 Å². The molecule has 0 saturated heterocycles. The van der Waals surface area contributed by atoms with Crippen molar-refractivity contribution in [1.29, 1.82) is 0 Å². The molecule has 0 saturated carbocycles. The van der Waals surface area contributed by atoms with Gasteiger partial charge in [-0.25, -0.2) is 0 Å². The quantitative estimate of drug-likeness (QED) is 0.711. The Hall–Kier alpha value is 0.340. The van der Waals surface area contributed by atoms with Gasteiger partial charge in [-0.05, 0) is 52.3 Å². The van der Waals surface area contributed by atoms with E-state index in [0.29, 0.717) is 0 Å². The van der Waals surface area contributed by atoms with E-state index < -0.39 is 0 Å². The molecule has 0 N–H and O–H groups in total. The summed E-state index contributed by atoms with van der Waals surface area (Å²) >= 11 is 3.37. The largest absolute Gasteiger partial charge is 0.0508 e. The van der Waals surface area contributed by atoms with Crippen LogP contribution in [-0.2, 0) is 0 Å². The molecule has 0 unspecified atom stereocenters. The standard InChI is InChI=1S/C7H6BrClS/c1-5-4-6(8)2-3-7(5)10-9/h2-4H,1H3. The van der Waals surface area contributed by atoms with Crippen LogP contribution in [0.1, 0.15) is 5.56 Å². The van der Waals surface area contributed by atoms with Crippen LogP contribution in [0.5, 0.6) is 0 Å². The van der Waals surface area contributed by atoms with Gasteiger partial charge < -0.3 is 0 Å². The lowest BCUT2D eigenvalue weighted by molar-refractivity contribution is 1.30. The molecule has 0 aliphatic heterocycles. The fourth-order valence-electron chi connectivity index (χ4n) is 0.699. The maximum Gasteiger partial charge on any atom is 0.0263 e. The third kappa shape index (κ3) is 1.91. The minimum absolute atomic E-state index is 1.10. The summed E-state index contributed by atoms with van der Waals surface area (Å²) in [6, 6.07) is 6.03. The summed E-state index contributed by atoms with van der Waals surface area (Å²) in [6.07, 6.45) is 0. The van der Waals surface area contributed by atoms with Crippen molar-refractivity contribution >= 4 is 37.6 Å². The molecule has 1 aromatic rings. The van der Waals surface area contributed by atoms with Gasteiger partial charge in [-0.3, -0.25) is 0 Å². The summed E-state index contributed by atoms with van der Waals surface area (Å²) < 4.78 is 1.10. The van der Waals surface area contributed by atoms with Crippen LogP contribution < -0.4 is 0 Å². The lowest BCUT2D eigenvalue weighted by atomic mass is 10.2. The second kappa shape index (κ2) is 3.65. The Labute approximate surface area is 77.6 Å². The van der Waals surface area contributed by atoms with Crippen LogP contribution in [0.4, 0.5) is 0 Å². The van der Waals surface area contributed by atoms with Gasteiger partial charge in [0.1, 0.15) is 0 Å². The first-order valence-electron chi connectivity index (χ1n) is 2.79. The zero-order chi connectivity index (χ0) is 7.56. The van der Waals surface area contributed by atoms with Gasteiger partial charge in [0.25, 0.3) is 0 Å². The third-order valence-electron chi connectivity index (χ3n) is 1.22. The SMILES string of the molecule is Cc1cc(Br)ccc1SCl. The molecule has 0 nitrogen and oxygen atoms in total. The lowest BCUT2D eigenvalue weighted by Crippen LogP contribution is -1.75. The minimum Gasteiger partial charge on any atom is -0.0508 e. The first-order chi connectivity index (χ1) is 4.74. The number of hydrogen-bond acceptors (Lipinski definition) is 1. The van der Waals surface area contributed by atoms with E-state index in [4.69, 9.17) is 10.7 Å². The average Bonchev–Trinajstić information content (AvgIpc) is 1.88. The smallest absolute Gasteiger partial charge is 0.0263 e. The summed E-state index contributed by atoms with van der Waals surface area (Å²) in [4.78, 5) is 1.12. The van der Waals surface area contributed by atoms with E-state index in [1.54, 1.807) is 0 Å². The van der Waals surface area contributed by atoms with E-state index in [0.717, 1.165) is 9.37 Å². The van der Waals surface area contributed by atoms with Crippen LogP contribution >= 0.6 is 37.6 Å². The van der Waals surface area contributed by atoms with E-state index >= 15 is 0 Å². The monoisotopic (exact) mass is 236 g/mol. The first-order valence-corrected chi connectivity index (χ1v) is 5.22. The van der Waals surface area contributed by atoms with Gasteiger partial charge in [0.05, 0.1) is 0 Å². The van der Waals surface area contributed by atoms with E-state index in [9.17, 15) is 0 Å². The molecule has 1 aromatic carbocycles. The summed E-state index contributed by atoms with van der Waals surface area (Å²) in [5, 5.41) is 0. The number of aryl methyl sites for hydroxylation is 1. The molecule has 0 aromatic heterocycles. The maximum atomic E-state index is 5.59. The van der Waals surface area contributed by atoms with Crippen LogP contribution in [0, 0.1) is 6.92 Å². The topological polar surface area (TPSA) is 0 Å². The van der Waals surface area contributed by atoms with Gasteiger partial charge in [-0.15, -0.1) is 0 Å². The number of hydrogen-bond donors (Lipinski definition) is 0. The first kappa shape index (κ1) is 8.44. The van der Waals surface area contributed by atoms with E-state index in [1.807, 2.05) is 25.1 Å². The summed E-state index contributed by atoms with van der Waals surface area (Å²) in [5.74, 6) is 0.